The van der Waals surface area contributed by atoms with E-state index in [1.165, 1.54) is 42.5 Å². The van der Waals surface area contributed by atoms with Gasteiger partial charge in [0.2, 0.25) is 0 Å². The van der Waals surface area contributed by atoms with Gasteiger partial charge in [0, 0.05) is 0 Å². The summed E-state index contributed by atoms with van der Waals surface area (Å²) in [5, 5.41) is 10.1. The van der Waals surface area contributed by atoms with Gasteiger partial charge in [-0.2, -0.15) is 0 Å². The van der Waals surface area contributed by atoms with E-state index in [1.54, 1.807) is 53.7 Å². The lowest BCUT2D eigenvalue weighted by molar-refractivity contribution is 0.0624. The maximum absolute atomic E-state index is 12.8. The minimum Gasteiger partial charge on any atom is -0.444 e. The zero-order valence-electron chi connectivity index (χ0n) is 23.0. The SMILES string of the molecule is CC(C)(C)OC(=O)Nc1cccc(NC(=O)c2cccc(C(=O)Nc3cccc(NC(=O)OC(C)(C)C)n3)n2)n1. The monoisotopic (exact) mass is 549 g/mol. The number of aromatic nitrogens is 3. The molecule has 0 saturated heterocycles. The van der Waals surface area contributed by atoms with Crippen LogP contribution in [0.1, 0.15) is 62.5 Å². The van der Waals surface area contributed by atoms with E-state index >= 15 is 0 Å². The summed E-state index contributed by atoms with van der Waals surface area (Å²) in [7, 11) is 0. The Morgan fingerprint density at radius 1 is 0.525 bits per heavy atom. The minimum absolute atomic E-state index is 0.0479. The third-order valence-electron chi connectivity index (χ3n) is 4.45. The maximum Gasteiger partial charge on any atom is 0.413 e. The van der Waals surface area contributed by atoms with Crippen LogP contribution in [0.3, 0.4) is 0 Å². The van der Waals surface area contributed by atoms with E-state index in [0.717, 1.165) is 0 Å². The van der Waals surface area contributed by atoms with Crippen molar-refractivity contribution < 1.29 is 28.7 Å². The predicted molar refractivity (Wildman–Crippen MR) is 148 cm³/mol. The molecular formula is C27H31N7O6. The zero-order valence-corrected chi connectivity index (χ0v) is 23.0. The molecule has 0 unspecified atom stereocenters. The summed E-state index contributed by atoms with van der Waals surface area (Å²) in [5.74, 6) is -0.619. The fourth-order valence-corrected chi connectivity index (χ4v) is 3.01. The van der Waals surface area contributed by atoms with Gasteiger partial charge in [-0.1, -0.05) is 18.2 Å². The van der Waals surface area contributed by atoms with Gasteiger partial charge in [-0.05, 0) is 77.9 Å². The molecule has 3 heterocycles. The van der Waals surface area contributed by atoms with Gasteiger partial charge < -0.3 is 20.1 Å². The number of carbonyl (C=O) groups excluding carboxylic acids is 4. The third-order valence-corrected chi connectivity index (χ3v) is 4.45. The van der Waals surface area contributed by atoms with Crippen molar-refractivity contribution in [2.24, 2.45) is 0 Å². The highest BCUT2D eigenvalue weighted by molar-refractivity contribution is 6.05. The summed E-state index contributed by atoms with van der Waals surface area (Å²) in [5.41, 5.74) is -1.47. The topological polar surface area (TPSA) is 174 Å². The Kier molecular flexibility index (Phi) is 8.99. The Labute approximate surface area is 231 Å². The van der Waals surface area contributed by atoms with Crippen LogP contribution in [0.25, 0.3) is 0 Å². The fourth-order valence-electron chi connectivity index (χ4n) is 3.01. The summed E-state index contributed by atoms with van der Waals surface area (Å²) in [4.78, 5) is 62.0. The van der Waals surface area contributed by atoms with E-state index in [0.29, 0.717) is 0 Å². The van der Waals surface area contributed by atoms with Gasteiger partial charge in [0.1, 0.15) is 45.9 Å². The second-order valence-electron chi connectivity index (χ2n) is 10.4. The van der Waals surface area contributed by atoms with Crippen LogP contribution in [0.2, 0.25) is 0 Å². The summed E-state index contributed by atoms with van der Waals surface area (Å²) >= 11 is 0. The van der Waals surface area contributed by atoms with Crippen LogP contribution in [-0.2, 0) is 9.47 Å². The number of hydrogen-bond acceptors (Lipinski definition) is 9. The summed E-state index contributed by atoms with van der Waals surface area (Å²) < 4.78 is 10.4. The first-order valence-electron chi connectivity index (χ1n) is 12.2. The summed E-state index contributed by atoms with van der Waals surface area (Å²) in [6.07, 6.45) is -1.38. The van der Waals surface area contributed by atoms with Crippen LogP contribution in [0.5, 0.6) is 0 Å². The zero-order chi connectivity index (χ0) is 29.5. The van der Waals surface area contributed by atoms with Gasteiger partial charge in [0.05, 0.1) is 0 Å². The molecule has 0 aliphatic carbocycles. The number of anilines is 4. The Bertz CT molecular complexity index is 1310. The van der Waals surface area contributed by atoms with Crippen molar-refractivity contribution in [1.29, 1.82) is 0 Å². The van der Waals surface area contributed by atoms with E-state index in [9.17, 15) is 19.2 Å². The highest BCUT2D eigenvalue weighted by Crippen LogP contribution is 2.15. The highest BCUT2D eigenvalue weighted by atomic mass is 16.6. The Morgan fingerprint density at radius 3 is 1.20 bits per heavy atom. The average molecular weight is 550 g/mol. The molecule has 13 nitrogen and oxygen atoms in total. The summed E-state index contributed by atoms with van der Waals surface area (Å²) in [6.45, 7) is 10.4. The lowest BCUT2D eigenvalue weighted by atomic mass is 10.2. The summed E-state index contributed by atoms with van der Waals surface area (Å²) in [6, 6.07) is 13.7. The van der Waals surface area contributed by atoms with Crippen molar-refractivity contribution in [2.75, 3.05) is 21.3 Å². The van der Waals surface area contributed by atoms with Crippen molar-refractivity contribution in [3.05, 3.63) is 66.0 Å². The van der Waals surface area contributed by atoms with Gasteiger partial charge in [0.15, 0.2) is 0 Å². The lowest BCUT2D eigenvalue weighted by Gasteiger charge is -2.19. The van der Waals surface area contributed by atoms with Gasteiger partial charge in [-0.25, -0.2) is 24.5 Å². The number of rotatable bonds is 6. The van der Waals surface area contributed by atoms with E-state index in [2.05, 4.69) is 36.2 Å². The second-order valence-corrected chi connectivity index (χ2v) is 10.4. The van der Waals surface area contributed by atoms with Crippen LogP contribution in [0.15, 0.2) is 54.6 Å². The molecule has 3 aromatic heterocycles. The molecule has 0 spiro atoms. The Morgan fingerprint density at radius 2 is 0.850 bits per heavy atom. The van der Waals surface area contributed by atoms with E-state index in [-0.39, 0.29) is 34.7 Å². The van der Waals surface area contributed by atoms with Crippen LogP contribution < -0.4 is 21.3 Å². The molecule has 13 heteroatoms. The molecule has 40 heavy (non-hydrogen) atoms. The molecular weight excluding hydrogens is 518 g/mol. The van der Waals surface area contributed by atoms with Gasteiger partial charge >= 0.3 is 12.2 Å². The van der Waals surface area contributed by atoms with Crippen molar-refractivity contribution in [3.63, 3.8) is 0 Å². The van der Waals surface area contributed by atoms with Crippen molar-refractivity contribution in [1.82, 2.24) is 15.0 Å². The molecule has 4 amide bonds. The van der Waals surface area contributed by atoms with Crippen LogP contribution >= 0.6 is 0 Å². The van der Waals surface area contributed by atoms with Crippen molar-refractivity contribution in [3.8, 4) is 0 Å². The highest BCUT2D eigenvalue weighted by Gasteiger charge is 2.19. The van der Waals surface area contributed by atoms with Gasteiger partial charge in [-0.15, -0.1) is 0 Å². The Balaban J connectivity index is 1.64. The normalized spacial score (nSPS) is 11.2. The van der Waals surface area contributed by atoms with E-state index in [4.69, 9.17) is 9.47 Å². The molecule has 0 aliphatic rings. The number of nitrogens with zero attached hydrogens (tertiary/aromatic N) is 3. The number of amides is 4. The first-order chi connectivity index (χ1) is 18.7. The molecule has 0 radical (unpaired) electrons. The largest absolute Gasteiger partial charge is 0.444 e. The molecule has 3 aromatic rings. The van der Waals surface area contributed by atoms with Gasteiger partial charge in [-0.3, -0.25) is 20.2 Å². The second kappa shape index (κ2) is 12.2. The molecule has 4 N–H and O–H groups in total. The van der Waals surface area contributed by atoms with Crippen LogP contribution in [0, 0.1) is 0 Å². The lowest BCUT2D eigenvalue weighted by Crippen LogP contribution is -2.27. The number of pyridine rings is 3. The van der Waals surface area contributed by atoms with E-state index in [1.807, 2.05) is 0 Å². The first-order valence-corrected chi connectivity index (χ1v) is 12.2. The Hall–Kier alpha value is -5.07. The molecule has 0 aromatic carbocycles. The smallest absolute Gasteiger partial charge is 0.413 e. The predicted octanol–water partition coefficient (Wildman–Crippen LogP) is 5.07. The number of nitrogens with one attached hydrogen (secondary N) is 4. The third kappa shape index (κ3) is 9.67. The molecule has 0 saturated carbocycles. The number of carbonyl (C=O) groups is 4. The molecule has 3 rings (SSSR count). The van der Waals surface area contributed by atoms with Crippen molar-refractivity contribution in [2.45, 2.75) is 52.7 Å². The number of hydrogen-bond donors (Lipinski definition) is 4. The number of ether oxygens (including phenoxy) is 2. The molecule has 0 aliphatic heterocycles. The van der Waals surface area contributed by atoms with Gasteiger partial charge in [0.25, 0.3) is 11.8 Å². The fraction of sp³-hybridized carbons (Fsp3) is 0.296. The first kappa shape index (κ1) is 29.5. The van der Waals surface area contributed by atoms with Crippen LogP contribution in [-0.4, -0.2) is 50.2 Å². The van der Waals surface area contributed by atoms with E-state index < -0.39 is 35.2 Å². The molecule has 0 bridgehead atoms. The standard InChI is InChI=1S/C27H31N7O6/c1-26(2,3)39-24(37)33-20-14-8-12-18(29-20)31-22(35)16-10-7-11-17(28-16)23(36)32-19-13-9-15-21(30-19)34-25(38)40-27(4,5)6/h7-15H,1-6H3,(H2,29,31,33,35,37)(H2,30,32,34,36,38). The molecule has 210 valence electrons. The molecule has 0 fully saturated rings. The quantitative estimate of drug-likeness (QED) is 0.327. The van der Waals surface area contributed by atoms with Crippen LogP contribution in [0.4, 0.5) is 32.9 Å². The maximum atomic E-state index is 12.8. The average Bonchev–Trinajstić information content (AvgIpc) is 2.82. The minimum atomic E-state index is -0.690. The molecule has 0 atom stereocenters. The van der Waals surface area contributed by atoms with Crippen molar-refractivity contribution >= 4 is 47.3 Å².